The monoisotopic (exact) mass is 450 g/mol. The maximum atomic E-state index is 13.0. The Labute approximate surface area is 176 Å². The standard InChI is InChI=1S/C20H19FN2O5S2/c1-2-23-15-10-16-17(28-12-27-16)11-18(15)29-20(23)22-19(24)4-3-9-30(25,26)14-7-5-13(21)6-8-14/h5-8,10-11H,2-4,9,12H2,1H3. The van der Waals surface area contributed by atoms with E-state index in [2.05, 4.69) is 4.99 Å². The van der Waals surface area contributed by atoms with Crippen molar-refractivity contribution in [2.75, 3.05) is 12.5 Å². The summed E-state index contributed by atoms with van der Waals surface area (Å²) in [5, 5.41) is 0. The molecule has 158 valence electrons. The van der Waals surface area contributed by atoms with Crippen LogP contribution in [0.25, 0.3) is 10.2 Å². The molecule has 2 heterocycles. The molecule has 1 amide bonds. The third kappa shape index (κ3) is 4.10. The lowest BCUT2D eigenvalue weighted by atomic mass is 10.3. The van der Waals surface area contributed by atoms with Crippen molar-refractivity contribution >= 4 is 37.3 Å². The number of nitrogens with zero attached hydrogens (tertiary/aromatic N) is 2. The number of aromatic nitrogens is 1. The predicted molar refractivity (Wildman–Crippen MR) is 110 cm³/mol. The molecule has 0 atom stereocenters. The third-order valence-corrected chi connectivity index (χ3v) is 7.55. The molecule has 0 bridgehead atoms. The minimum Gasteiger partial charge on any atom is -0.454 e. The van der Waals surface area contributed by atoms with Crippen LogP contribution in [0.3, 0.4) is 0 Å². The molecular weight excluding hydrogens is 431 g/mol. The van der Waals surface area contributed by atoms with Gasteiger partial charge in [-0.25, -0.2) is 12.8 Å². The minimum absolute atomic E-state index is 0.00110. The van der Waals surface area contributed by atoms with Crippen molar-refractivity contribution in [3.63, 3.8) is 0 Å². The van der Waals surface area contributed by atoms with Crippen LogP contribution < -0.4 is 14.3 Å². The van der Waals surface area contributed by atoms with E-state index in [1.165, 1.54) is 23.5 Å². The molecule has 10 heteroatoms. The fourth-order valence-corrected chi connectivity index (χ4v) is 5.62. The van der Waals surface area contributed by atoms with Crippen LogP contribution in [0.2, 0.25) is 0 Å². The third-order valence-electron chi connectivity index (χ3n) is 4.69. The first kappa shape index (κ1) is 20.5. The van der Waals surface area contributed by atoms with Gasteiger partial charge < -0.3 is 14.0 Å². The molecule has 0 saturated carbocycles. The van der Waals surface area contributed by atoms with Gasteiger partial charge in [0.1, 0.15) is 5.82 Å². The van der Waals surface area contributed by atoms with Gasteiger partial charge in [0.2, 0.25) is 12.7 Å². The second kappa shape index (κ2) is 8.19. The van der Waals surface area contributed by atoms with E-state index in [4.69, 9.17) is 9.47 Å². The second-order valence-corrected chi connectivity index (χ2v) is 9.80. The van der Waals surface area contributed by atoms with Crippen molar-refractivity contribution < 1.29 is 27.1 Å². The average molecular weight is 451 g/mol. The quantitative estimate of drug-likeness (QED) is 0.538. The van der Waals surface area contributed by atoms with Crippen LogP contribution in [0.5, 0.6) is 11.5 Å². The summed E-state index contributed by atoms with van der Waals surface area (Å²) < 4.78 is 51.2. The number of hydrogen-bond acceptors (Lipinski definition) is 6. The minimum atomic E-state index is -3.58. The molecule has 0 fully saturated rings. The lowest BCUT2D eigenvalue weighted by Crippen LogP contribution is -2.16. The van der Waals surface area contributed by atoms with Gasteiger partial charge in [0.25, 0.3) is 0 Å². The Hall–Kier alpha value is -2.72. The largest absolute Gasteiger partial charge is 0.454 e. The van der Waals surface area contributed by atoms with Crippen molar-refractivity contribution in [3.05, 3.63) is 47.0 Å². The van der Waals surface area contributed by atoms with Gasteiger partial charge in [-0.1, -0.05) is 11.3 Å². The first-order chi connectivity index (χ1) is 14.4. The highest BCUT2D eigenvalue weighted by atomic mass is 32.2. The first-order valence-corrected chi connectivity index (χ1v) is 11.8. The molecule has 1 aromatic heterocycles. The van der Waals surface area contributed by atoms with Crippen LogP contribution in [0, 0.1) is 5.82 Å². The molecule has 1 aliphatic rings. The normalized spacial score (nSPS) is 13.9. The molecule has 0 N–H and O–H groups in total. The number of hydrogen-bond donors (Lipinski definition) is 0. The smallest absolute Gasteiger partial charge is 0.248 e. The fourth-order valence-electron chi connectivity index (χ4n) is 3.19. The van der Waals surface area contributed by atoms with Crippen LogP contribution in [0.4, 0.5) is 4.39 Å². The Bertz CT molecular complexity index is 1280. The van der Waals surface area contributed by atoms with E-state index in [9.17, 15) is 17.6 Å². The van der Waals surface area contributed by atoms with Gasteiger partial charge in [0.15, 0.2) is 26.1 Å². The summed E-state index contributed by atoms with van der Waals surface area (Å²) in [6.45, 7) is 2.76. The van der Waals surface area contributed by atoms with Crippen molar-refractivity contribution in [1.82, 2.24) is 4.57 Å². The lowest BCUT2D eigenvalue weighted by Gasteiger charge is -2.03. The van der Waals surface area contributed by atoms with E-state index in [1.807, 2.05) is 23.6 Å². The molecule has 1 aliphatic heterocycles. The summed E-state index contributed by atoms with van der Waals surface area (Å²) in [6, 6.07) is 8.39. The van der Waals surface area contributed by atoms with Gasteiger partial charge in [0.05, 0.1) is 20.9 Å². The maximum absolute atomic E-state index is 13.0. The molecule has 30 heavy (non-hydrogen) atoms. The van der Waals surface area contributed by atoms with E-state index in [1.54, 1.807) is 0 Å². The highest BCUT2D eigenvalue weighted by Crippen LogP contribution is 2.36. The van der Waals surface area contributed by atoms with Crippen LogP contribution >= 0.6 is 11.3 Å². The Morgan fingerprint density at radius 2 is 1.90 bits per heavy atom. The summed E-state index contributed by atoms with van der Waals surface area (Å²) >= 11 is 1.37. The number of halogens is 1. The summed E-state index contributed by atoms with van der Waals surface area (Å²) in [6.07, 6.45) is 0.135. The van der Waals surface area contributed by atoms with Gasteiger partial charge in [-0.05, 0) is 37.6 Å². The molecule has 7 nitrogen and oxygen atoms in total. The van der Waals surface area contributed by atoms with Crippen molar-refractivity contribution in [2.45, 2.75) is 31.2 Å². The Balaban J connectivity index is 1.49. The van der Waals surface area contributed by atoms with Gasteiger partial charge >= 0.3 is 0 Å². The van der Waals surface area contributed by atoms with Crippen LogP contribution in [-0.4, -0.2) is 31.4 Å². The predicted octanol–water partition coefficient (Wildman–Crippen LogP) is 3.27. The van der Waals surface area contributed by atoms with E-state index in [0.717, 1.165) is 22.3 Å². The fraction of sp³-hybridized carbons (Fsp3) is 0.300. The molecule has 0 aliphatic carbocycles. The van der Waals surface area contributed by atoms with Crippen LogP contribution in [0.1, 0.15) is 19.8 Å². The van der Waals surface area contributed by atoms with Crippen LogP contribution in [-0.2, 0) is 21.2 Å². The number of carbonyl (C=O) groups is 1. The number of rotatable bonds is 6. The maximum Gasteiger partial charge on any atom is 0.248 e. The Morgan fingerprint density at radius 1 is 1.20 bits per heavy atom. The van der Waals surface area contributed by atoms with Crippen LogP contribution in [0.15, 0.2) is 46.3 Å². The second-order valence-electron chi connectivity index (χ2n) is 6.68. The zero-order chi connectivity index (χ0) is 21.3. The molecule has 0 radical (unpaired) electrons. The van der Waals surface area contributed by atoms with E-state index >= 15 is 0 Å². The average Bonchev–Trinajstić information content (AvgIpc) is 3.29. The Morgan fingerprint density at radius 3 is 2.60 bits per heavy atom. The van der Waals surface area contributed by atoms with E-state index < -0.39 is 21.6 Å². The lowest BCUT2D eigenvalue weighted by molar-refractivity contribution is -0.118. The summed E-state index contributed by atoms with van der Waals surface area (Å²) in [7, 11) is -3.58. The van der Waals surface area contributed by atoms with E-state index in [-0.39, 0.29) is 30.3 Å². The SMILES string of the molecule is CCn1c(=NC(=O)CCCS(=O)(=O)c2ccc(F)cc2)sc2cc3c(cc21)OCO3. The number of amides is 1. The van der Waals surface area contributed by atoms with Crippen molar-refractivity contribution in [1.29, 1.82) is 0 Å². The first-order valence-electron chi connectivity index (χ1n) is 9.36. The zero-order valence-corrected chi connectivity index (χ0v) is 17.8. The van der Waals surface area contributed by atoms with Gasteiger partial charge in [-0.2, -0.15) is 4.99 Å². The van der Waals surface area contributed by atoms with Crippen molar-refractivity contribution in [3.8, 4) is 11.5 Å². The number of benzene rings is 2. The summed E-state index contributed by atoms with van der Waals surface area (Å²) in [5.74, 6) is 0.223. The zero-order valence-electron chi connectivity index (χ0n) is 16.1. The Kier molecular flexibility index (Phi) is 5.61. The molecule has 2 aromatic carbocycles. The van der Waals surface area contributed by atoms with Gasteiger partial charge in [-0.15, -0.1) is 0 Å². The molecule has 0 spiro atoms. The number of sulfone groups is 1. The molecule has 0 saturated heterocycles. The summed E-state index contributed by atoms with van der Waals surface area (Å²) in [4.78, 5) is 17.1. The summed E-state index contributed by atoms with van der Waals surface area (Å²) in [5.41, 5.74) is 0.900. The van der Waals surface area contributed by atoms with Crippen molar-refractivity contribution in [2.24, 2.45) is 4.99 Å². The van der Waals surface area contributed by atoms with E-state index in [0.29, 0.717) is 22.8 Å². The highest BCUT2D eigenvalue weighted by Gasteiger charge is 2.18. The molecule has 0 unspecified atom stereocenters. The number of fused-ring (bicyclic) bond motifs is 2. The highest BCUT2D eigenvalue weighted by molar-refractivity contribution is 7.91. The molecule has 3 aromatic rings. The topological polar surface area (TPSA) is 87.0 Å². The number of thiazole rings is 1. The molecule has 4 rings (SSSR count). The number of ether oxygens (including phenoxy) is 2. The van der Waals surface area contributed by atoms with Gasteiger partial charge in [0, 0.05) is 25.1 Å². The number of aryl methyl sites for hydroxylation is 1. The number of carbonyl (C=O) groups excluding carboxylic acids is 1. The molecular formula is C20H19FN2O5S2. The van der Waals surface area contributed by atoms with Gasteiger partial charge in [-0.3, -0.25) is 4.79 Å².